The third-order valence-corrected chi connectivity index (χ3v) is 1.28. The van der Waals surface area contributed by atoms with Gasteiger partial charge in [0.25, 0.3) is 0 Å². The van der Waals surface area contributed by atoms with E-state index >= 15 is 0 Å². The molecule has 12 heteroatoms. The Bertz CT molecular complexity index is 352. The fourth-order valence-electron chi connectivity index (χ4n) is 0.771. The van der Waals surface area contributed by atoms with E-state index in [9.17, 15) is 14.4 Å². The second-order valence-corrected chi connectivity index (χ2v) is 4.38. The summed E-state index contributed by atoms with van der Waals surface area (Å²) in [5.41, 5.74) is 0. The van der Waals surface area contributed by atoms with Crippen LogP contribution in [0.2, 0.25) is 0 Å². The van der Waals surface area contributed by atoms with Gasteiger partial charge in [-0.3, -0.25) is 14.4 Å². The molecule has 10 nitrogen and oxygen atoms in total. The summed E-state index contributed by atoms with van der Waals surface area (Å²) in [6.45, 7) is 3.44. The van der Waals surface area contributed by atoms with Gasteiger partial charge >= 0.3 is 55.3 Å². The van der Waals surface area contributed by atoms with Gasteiger partial charge in [-0.1, -0.05) is 0 Å². The molecule has 0 radical (unpaired) electrons. The fourth-order valence-corrected chi connectivity index (χ4v) is 0.771. The standard InChI is InChI=1S/C9H14O6.Na.H3O4P.H/c1-6(10)13-4-9(15-8(3)12)5-14-7(2)11;;1-5(2,3)4;/h9H,4-5H2,1-3H3;;(H3,1,2,3,4);. The maximum atomic E-state index is 10.6. The summed E-state index contributed by atoms with van der Waals surface area (Å²) in [5, 5.41) is 0. The molecule has 0 saturated heterocycles. The molecule has 120 valence electrons. The fraction of sp³-hybridized carbons (Fsp3) is 0.667. The van der Waals surface area contributed by atoms with Crippen molar-refractivity contribution in [2.45, 2.75) is 26.9 Å². The van der Waals surface area contributed by atoms with Gasteiger partial charge < -0.3 is 28.9 Å². The SMILES string of the molecule is CC(=O)OCC(COC(C)=O)OC(C)=O.O=P(O)(O)O.[NaH]. The molecule has 0 atom stereocenters. The zero-order valence-corrected chi connectivity index (χ0v) is 12.0. The molecule has 0 fully saturated rings. The predicted molar refractivity (Wildman–Crippen MR) is 70.2 cm³/mol. The van der Waals surface area contributed by atoms with Crippen LogP contribution in [0, 0.1) is 0 Å². The summed E-state index contributed by atoms with van der Waals surface area (Å²) in [4.78, 5) is 53.2. The monoisotopic (exact) mass is 340 g/mol. The predicted octanol–water partition coefficient (Wildman–Crippen LogP) is -1.53. The van der Waals surface area contributed by atoms with Gasteiger partial charge in [-0.15, -0.1) is 0 Å². The van der Waals surface area contributed by atoms with Gasteiger partial charge in [0.2, 0.25) is 0 Å². The summed E-state index contributed by atoms with van der Waals surface area (Å²) in [5.74, 6) is -1.51. The first-order chi connectivity index (χ1) is 8.91. The van der Waals surface area contributed by atoms with Crippen molar-refractivity contribution >= 4 is 55.3 Å². The Hall–Kier alpha value is -0.480. The third kappa shape index (κ3) is 32.8. The molecular weight excluding hydrogens is 322 g/mol. The first kappa shape index (κ1) is 25.5. The Kier molecular flexibility index (Phi) is 16.0. The van der Waals surface area contributed by atoms with E-state index in [1.54, 1.807) is 0 Å². The van der Waals surface area contributed by atoms with Crippen LogP contribution in [-0.4, -0.2) is 81.5 Å². The Balaban J connectivity index is -0.000000465. The Morgan fingerprint density at radius 3 is 1.38 bits per heavy atom. The van der Waals surface area contributed by atoms with Crippen molar-refractivity contribution in [1.82, 2.24) is 0 Å². The van der Waals surface area contributed by atoms with Crippen molar-refractivity contribution in [3.63, 3.8) is 0 Å². The molecule has 0 bridgehead atoms. The molecule has 0 amide bonds. The first-order valence-corrected chi connectivity index (χ1v) is 6.70. The molecule has 0 aliphatic carbocycles. The van der Waals surface area contributed by atoms with Crippen LogP contribution in [-0.2, 0) is 33.2 Å². The molecule has 3 N–H and O–H groups in total. The summed E-state index contributed by atoms with van der Waals surface area (Å²) >= 11 is 0. The van der Waals surface area contributed by atoms with Crippen LogP contribution in [0.4, 0.5) is 0 Å². The minimum atomic E-state index is -4.64. The average Bonchev–Trinajstić information content (AvgIpc) is 2.18. The number of hydrogen-bond donors (Lipinski definition) is 3. The van der Waals surface area contributed by atoms with Crippen molar-refractivity contribution in [2.24, 2.45) is 0 Å². The number of esters is 3. The summed E-state index contributed by atoms with van der Waals surface area (Å²) < 4.78 is 22.9. The molecular formula is C9H18NaO10P. The van der Waals surface area contributed by atoms with E-state index in [2.05, 4.69) is 9.47 Å². The van der Waals surface area contributed by atoms with Crippen molar-refractivity contribution < 1.29 is 47.8 Å². The van der Waals surface area contributed by atoms with Crippen molar-refractivity contribution in [1.29, 1.82) is 0 Å². The molecule has 0 aromatic heterocycles. The molecule has 0 rings (SSSR count). The molecule has 0 spiro atoms. The van der Waals surface area contributed by atoms with Crippen molar-refractivity contribution in [3.8, 4) is 0 Å². The van der Waals surface area contributed by atoms with Crippen LogP contribution < -0.4 is 0 Å². The van der Waals surface area contributed by atoms with Crippen molar-refractivity contribution in [2.75, 3.05) is 13.2 Å². The van der Waals surface area contributed by atoms with Crippen LogP contribution in [0.15, 0.2) is 0 Å². The van der Waals surface area contributed by atoms with Crippen LogP contribution in [0.1, 0.15) is 20.8 Å². The quantitative estimate of drug-likeness (QED) is 0.232. The molecule has 0 aromatic carbocycles. The Labute approximate surface area is 143 Å². The van der Waals surface area contributed by atoms with Gasteiger partial charge in [0.15, 0.2) is 6.10 Å². The van der Waals surface area contributed by atoms with E-state index in [1.165, 1.54) is 20.8 Å². The van der Waals surface area contributed by atoms with Crippen molar-refractivity contribution in [3.05, 3.63) is 0 Å². The summed E-state index contributed by atoms with van der Waals surface area (Å²) in [7, 11) is -4.64. The number of carbonyl (C=O) groups excluding carboxylic acids is 3. The Morgan fingerprint density at radius 1 is 0.905 bits per heavy atom. The van der Waals surface area contributed by atoms with E-state index in [-0.39, 0.29) is 42.8 Å². The van der Waals surface area contributed by atoms with Gasteiger partial charge in [-0.25, -0.2) is 4.57 Å². The van der Waals surface area contributed by atoms with Gasteiger partial charge in [0.1, 0.15) is 13.2 Å². The molecule has 0 saturated carbocycles. The van der Waals surface area contributed by atoms with Gasteiger partial charge in [0.05, 0.1) is 0 Å². The zero-order valence-electron chi connectivity index (χ0n) is 11.1. The third-order valence-electron chi connectivity index (χ3n) is 1.28. The first-order valence-electron chi connectivity index (χ1n) is 5.14. The molecule has 0 unspecified atom stereocenters. The average molecular weight is 340 g/mol. The maximum absolute atomic E-state index is 10.6. The van der Waals surface area contributed by atoms with E-state index < -0.39 is 31.8 Å². The Morgan fingerprint density at radius 2 is 1.19 bits per heavy atom. The molecule has 0 heterocycles. The van der Waals surface area contributed by atoms with Crippen LogP contribution >= 0.6 is 7.82 Å². The zero-order chi connectivity index (χ0) is 16.3. The van der Waals surface area contributed by atoms with E-state index in [0.717, 1.165) is 0 Å². The van der Waals surface area contributed by atoms with E-state index in [1.807, 2.05) is 0 Å². The minimum absolute atomic E-state index is 0. The second-order valence-electron chi connectivity index (χ2n) is 3.35. The topological polar surface area (TPSA) is 157 Å². The van der Waals surface area contributed by atoms with E-state index in [4.69, 9.17) is 24.0 Å². The molecule has 0 aliphatic heterocycles. The normalized spacial score (nSPS) is 9.67. The molecule has 0 aliphatic rings. The number of carbonyl (C=O) groups is 3. The molecule has 0 aromatic rings. The van der Waals surface area contributed by atoms with Gasteiger partial charge in [-0.05, 0) is 0 Å². The van der Waals surface area contributed by atoms with Gasteiger partial charge in [0, 0.05) is 20.8 Å². The summed E-state index contributed by atoms with van der Waals surface area (Å²) in [6.07, 6.45) is -0.754. The number of phosphoric acid groups is 1. The van der Waals surface area contributed by atoms with E-state index in [0.29, 0.717) is 0 Å². The van der Waals surface area contributed by atoms with Crippen LogP contribution in [0.25, 0.3) is 0 Å². The van der Waals surface area contributed by atoms with Crippen LogP contribution in [0.3, 0.4) is 0 Å². The number of rotatable bonds is 5. The summed E-state index contributed by atoms with van der Waals surface area (Å²) in [6, 6.07) is 0. The van der Waals surface area contributed by atoms with Gasteiger partial charge in [-0.2, -0.15) is 0 Å². The number of ether oxygens (including phenoxy) is 3. The molecule has 21 heavy (non-hydrogen) atoms. The second kappa shape index (κ2) is 13.2. The number of hydrogen-bond acceptors (Lipinski definition) is 7. The van der Waals surface area contributed by atoms with Crippen LogP contribution in [0.5, 0.6) is 0 Å².